The van der Waals surface area contributed by atoms with E-state index < -0.39 is 29.6 Å². The molecule has 1 heterocycles. The molecule has 7 nitrogen and oxygen atoms in total. The maximum atomic E-state index is 12.0. The molecule has 1 aliphatic heterocycles. The van der Waals surface area contributed by atoms with Gasteiger partial charge in [-0.05, 0) is 35.5 Å². The average Bonchev–Trinajstić information content (AvgIpc) is 2.66. The Labute approximate surface area is 123 Å². The number of hydrogen-bond acceptors (Lipinski definition) is 5. The molecule has 3 amide bonds. The molecule has 21 heavy (non-hydrogen) atoms. The summed E-state index contributed by atoms with van der Waals surface area (Å²) in [5, 5.41) is 8.31. The summed E-state index contributed by atoms with van der Waals surface area (Å²) < 4.78 is 0. The Morgan fingerprint density at radius 3 is 2.67 bits per heavy atom. The van der Waals surface area contributed by atoms with Gasteiger partial charge < -0.3 is 10.8 Å². The smallest absolute Gasteiger partial charge is 0.335 e. The highest BCUT2D eigenvalue weighted by Crippen LogP contribution is 2.31. The topological polar surface area (TPSA) is 118 Å². The first-order valence-electron chi connectivity index (χ1n) is 5.75. The molecule has 1 fully saturated rings. The summed E-state index contributed by atoms with van der Waals surface area (Å²) in [5.41, 5.74) is 5.51. The Kier molecular flexibility index (Phi) is 4.08. The molecule has 0 aromatic heterocycles. The van der Waals surface area contributed by atoms with Crippen molar-refractivity contribution in [2.45, 2.75) is 0 Å². The molecule has 8 heteroatoms. The van der Waals surface area contributed by atoms with E-state index in [0.717, 1.165) is 4.90 Å². The molecule has 108 valence electrons. The molecule has 0 atom stereocenters. The monoisotopic (exact) mass is 306 g/mol. The van der Waals surface area contributed by atoms with E-state index >= 15 is 0 Å². The molecule has 0 unspecified atom stereocenters. The molecule has 1 saturated heterocycles. The van der Waals surface area contributed by atoms with Gasteiger partial charge in [-0.15, -0.1) is 0 Å². The zero-order chi connectivity index (χ0) is 15.6. The number of aromatic carboxylic acids is 1. The van der Waals surface area contributed by atoms with Gasteiger partial charge >= 0.3 is 5.97 Å². The highest BCUT2D eigenvalue weighted by molar-refractivity contribution is 8.18. The highest BCUT2D eigenvalue weighted by Gasteiger charge is 2.35. The average molecular weight is 306 g/mol. The van der Waals surface area contributed by atoms with E-state index in [1.54, 1.807) is 6.07 Å². The minimum Gasteiger partial charge on any atom is -0.478 e. The lowest BCUT2D eigenvalue weighted by molar-refractivity contribution is -0.127. The van der Waals surface area contributed by atoms with Crippen LogP contribution >= 0.6 is 11.8 Å². The van der Waals surface area contributed by atoms with Crippen molar-refractivity contribution in [1.29, 1.82) is 0 Å². The second-order valence-corrected chi connectivity index (χ2v) is 5.16. The third-order valence-electron chi connectivity index (χ3n) is 2.62. The van der Waals surface area contributed by atoms with Gasteiger partial charge in [-0.25, -0.2) is 4.79 Å². The Hall–Kier alpha value is -2.61. The maximum Gasteiger partial charge on any atom is 0.335 e. The first kappa shape index (κ1) is 14.8. The van der Waals surface area contributed by atoms with Crippen molar-refractivity contribution in [2.24, 2.45) is 5.73 Å². The van der Waals surface area contributed by atoms with Crippen LogP contribution in [-0.4, -0.2) is 39.6 Å². The fourth-order valence-corrected chi connectivity index (χ4v) is 2.54. The first-order chi connectivity index (χ1) is 9.88. The van der Waals surface area contributed by atoms with Crippen molar-refractivity contribution in [3.05, 3.63) is 40.3 Å². The van der Waals surface area contributed by atoms with Crippen molar-refractivity contribution < 1.29 is 24.3 Å². The van der Waals surface area contributed by atoms with Crippen molar-refractivity contribution >= 4 is 40.9 Å². The summed E-state index contributed by atoms with van der Waals surface area (Å²) in [7, 11) is 0. The molecular weight excluding hydrogens is 296 g/mol. The van der Waals surface area contributed by atoms with Crippen LogP contribution in [0.2, 0.25) is 0 Å². The van der Waals surface area contributed by atoms with Gasteiger partial charge in [0, 0.05) is 0 Å². The van der Waals surface area contributed by atoms with Crippen LogP contribution in [-0.2, 0) is 9.59 Å². The van der Waals surface area contributed by atoms with Gasteiger partial charge in [0.15, 0.2) is 0 Å². The number of primary amides is 1. The molecule has 0 radical (unpaired) electrons. The SMILES string of the molecule is NC(=O)CN1C(=O)S/C(=C\c2cccc(C(=O)O)c2)C1=O. The number of thioether (sulfide) groups is 1. The van der Waals surface area contributed by atoms with E-state index in [0.29, 0.717) is 17.3 Å². The summed E-state index contributed by atoms with van der Waals surface area (Å²) in [6.45, 7) is -0.475. The number of benzene rings is 1. The molecule has 1 aliphatic rings. The van der Waals surface area contributed by atoms with Crippen LogP contribution in [0.15, 0.2) is 29.2 Å². The van der Waals surface area contributed by atoms with Crippen molar-refractivity contribution in [3.63, 3.8) is 0 Å². The quantitative estimate of drug-likeness (QED) is 0.798. The number of carbonyl (C=O) groups is 4. The van der Waals surface area contributed by atoms with Crippen LogP contribution in [0, 0.1) is 0 Å². The van der Waals surface area contributed by atoms with E-state index in [1.807, 2.05) is 0 Å². The van der Waals surface area contributed by atoms with Gasteiger partial charge in [0.05, 0.1) is 10.5 Å². The number of nitrogens with two attached hydrogens (primary N) is 1. The molecule has 1 aromatic rings. The lowest BCUT2D eigenvalue weighted by atomic mass is 10.1. The Bertz CT molecular complexity index is 683. The van der Waals surface area contributed by atoms with E-state index in [4.69, 9.17) is 10.8 Å². The predicted molar refractivity (Wildman–Crippen MR) is 75.3 cm³/mol. The minimum atomic E-state index is -1.09. The van der Waals surface area contributed by atoms with Gasteiger partial charge in [0.2, 0.25) is 5.91 Å². The standard InChI is InChI=1S/C13H10N2O5S/c14-10(16)6-15-11(17)9(21-13(15)20)5-7-2-1-3-8(4-7)12(18)19/h1-5H,6H2,(H2,14,16)(H,18,19)/b9-5-. The number of imide groups is 1. The van der Waals surface area contributed by atoms with Gasteiger partial charge in [-0.2, -0.15) is 0 Å². The van der Waals surface area contributed by atoms with Crippen LogP contribution < -0.4 is 5.73 Å². The number of rotatable bonds is 4. The van der Waals surface area contributed by atoms with Gasteiger partial charge in [0.1, 0.15) is 6.54 Å². The lowest BCUT2D eigenvalue weighted by Gasteiger charge is -2.08. The van der Waals surface area contributed by atoms with E-state index in [9.17, 15) is 19.2 Å². The summed E-state index contributed by atoms with van der Waals surface area (Å²) in [4.78, 5) is 46.1. The number of carboxylic acid groups (broad SMARTS) is 1. The van der Waals surface area contributed by atoms with Gasteiger partial charge in [0.25, 0.3) is 11.1 Å². The van der Waals surface area contributed by atoms with Crippen LogP contribution in [0.5, 0.6) is 0 Å². The van der Waals surface area contributed by atoms with Crippen molar-refractivity contribution in [3.8, 4) is 0 Å². The third kappa shape index (κ3) is 3.29. The van der Waals surface area contributed by atoms with E-state index in [2.05, 4.69) is 0 Å². The lowest BCUT2D eigenvalue weighted by Crippen LogP contribution is -2.36. The van der Waals surface area contributed by atoms with Crippen LogP contribution in [0.25, 0.3) is 6.08 Å². The predicted octanol–water partition coefficient (Wildman–Crippen LogP) is 0.906. The minimum absolute atomic E-state index is 0.0696. The zero-order valence-electron chi connectivity index (χ0n) is 10.6. The highest BCUT2D eigenvalue weighted by atomic mass is 32.2. The number of nitrogens with zero attached hydrogens (tertiary/aromatic N) is 1. The fourth-order valence-electron chi connectivity index (χ4n) is 1.70. The second-order valence-electron chi connectivity index (χ2n) is 4.16. The molecule has 3 N–H and O–H groups in total. The molecule has 0 bridgehead atoms. The first-order valence-corrected chi connectivity index (χ1v) is 6.57. The Balaban J connectivity index is 2.28. The van der Waals surface area contributed by atoms with Crippen LogP contribution in [0.1, 0.15) is 15.9 Å². The molecule has 1 aromatic carbocycles. The van der Waals surface area contributed by atoms with Crippen molar-refractivity contribution in [1.82, 2.24) is 4.90 Å². The largest absolute Gasteiger partial charge is 0.478 e. The maximum absolute atomic E-state index is 12.0. The van der Waals surface area contributed by atoms with Gasteiger partial charge in [-0.3, -0.25) is 19.3 Å². The summed E-state index contributed by atoms with van der Waals surface area (Å²) >= 11 is 0.676. The molecule has 0 aliphatic carbocycles. The summed E-state index contributed by atoms with van der Waals surface area (Å²) in [5.74, 6) is -2.50. The number of amides is 3. The fraction of sp³-hybridized carbons (Fsp3) is 0.0769. The Morgan fingerprint density at radius 1 is 1.33 bits per heavy atom. The molecular formula is C13H10N2O5S. The zero-order valence-corrected chi connectivity index (χ0v) is 11.4. The molecule has 0 saturated carbocycles. The normalized spacial score (nSPS) is 16.6. The Morgan fingerprint density at radius 2 is 2.05 bits per heavy atom. The summed E-state index contributed by atoms with van der Waals surface area (Å²) in [6, 6.07) is 5.93. The van der Waals surface area contributed by atoms with Crippen molar-refractivity contribution in [2.75, 3.05) is 6.54 Å². The van der Waals surface area contributed by atoms with E-state index in [1.165, 1.54) is 24.3 Å². The molecule has 2 rings (SSSR count). The molecule has 0 spiro atoms. The number of carboxylic acids is 1. The second kappa shape index (κ2) is 5.80. The van der Waals surface area contributed by atoms with E-state index in [-0.39, 0.29) is 10.5 Å². The number of hydrogen-bond donors (Lipinski definition) is 2. The van der Waals surface area contributed by atoms with Crippen LogP contribution in [0.4, 0.5) is 4.79 Å². The number of carbonyl (C=O) groups excluding carboxylic acids is 3. The summed E-state index contributed by atoms with van der Waals surface area (Å²) in [6.07, 6.45) is 1.40. The van der Waals surface area contributed by atoms with Gasteiger partial charge in [-0.1, -0.05) is 12.1 Å². The van der Waals surface area contributed by atoms with Crippen LogP contribution in [0.3, 0.4) is 0 Å². The third-order valence-corrected chi connectivity index (χ3v) is 3.53.